The Hall–Kier alpha value is -0.850. The van der Waals surface area contributed by atoms with Crippen LogP contribution in [0.1, 0.15) is 4.88 Å². The van der Waals surface area contributed by atoms with Crippen LogP contribution >= 0.6 is 38.9 Å². The molecule has 0 unspecified atom stereocenters. The van der Waals surface area contributed by atoms with Crippen molar-refractivity contribution in [3.8, 4) is 0 Å². The van der Waals surface area contributed by atoms with Gasteiger partial charge >= 0.3 is 0 Å². The van der Waals surface area contributed by atoms with E-state index in [1.807, 2.05) is 12.1 Å². The van der Waals surface area contributed by atoms with Gasteiger partial charge in [-0.1, -0.05) is 11.6 Å². The average Bonchev–Trinajstić information content (AvgIpc) is 2.75. The lowest BCUT2D eigenvalue weighted by molar-refractivity contribution is 0.703. The maximum atomic E-state index is 11.6. The lowest BCUT2D eigenvalue weighted by atomic mass is 10.3. The van der Waals surface area contributed by atoms with Crippen LogP contribution in [0.15, 0.2) is 27.6 Å². The summed E-state index contributed by atoms with van der Waals surface area (Å²) in [6.45, 7) is 0.726. The van der Waals surface area contributed by atoms with E-state index in [0.717, 1.165) is 17.3 Å². The van der Waals surface area contributed by atoms with Crippen LogP contribution in [-0.2, 0) is 13.5 Å². The largest absolute Gasteiger partial charge is 0.382 e. The van der Waals surface area contributed by atoms with Crippen molar-refractivity contribution in [3.05, 3.63) is 42.4 Å². The monoisotopic (exact) mass is 347 g/mol. The second-order valence-electron chi connectivity index (χ2n) is 3.68. The van der Waals surface area contributed by atoms with E-state index in [9.17, 15) is 4.79 Å². The van der Waals surface area contributed by atoms with Gasteiger partial charge in [-0.25, -0.2) is 4.68 Å². The first-order valence-electron chi connectivity index (χ1n) is 5.28. The molecule has 2 heterocycles. The summed E-state index contributed by atoms with van der Waals surface area (Å²) >= 11 is 10.7. The van der Waals surface area contributed by atoms with E-state index in [2.05, 4.69) is 26.3 Å². The van der Waals surface area contributed by atoms with Crippen LogP contribution in [0, 0.1) is 0 Å². The number of thiophene rings is 1. The zero-order chi connectivity index (χ0) is 13.1. The Bertz CT molecular complexity index is 611. The van der Waals surface area contributed by atoms with Crippen molar-refractivity contribution >= 4 is 44.6 Å². The van der Waals surface area contributed by atoms with Gasteiger partial charge in [0, 0.05) is 18.5 Å². The quantitative estimate of drug-likeness (QED) is 0.924. The molecular weight excluding hydrogens is 338 g/mol. The smallest absolute Gasteiger partial charge is 0.282 e. The van der Waals surface area contributed by atoms with E-state index in [1.54, 1.807) is 24.6 Å². The molecule has 0 amide bonds. The molecule has 0 fully saturated rings. The minimum atomic E-state index is -0.154. The standard InChI is InChI=1S/C11H11BrClN3OS/c1-16-11(17)10(12)8(6-15-16)14-5-4-7-2-3-9(13)18-7/h2-3,6,14H,4-5H2,1H3. The number of rotatable bonds is 4. The highest BCUT2D eigenvalue weighted by molar-refractivity contribution is 9.10. The van der Waals surface area contributed by atoms with Crippen LogP contribution in [0.25, 0.3) is 0 Å². The molecule has 1 N–H and O–H groups in total. The maximum absolute atomic E-state index is 11.6. The van der Waals surface area contributed by atoms with Crippen molar-refractivity contribution in [3.63, 3.8) is 0 Å². The Morgan fingerprint density at radius 3 is 3.00 bits per heavy atom. The van der Waals surface area contributed by atoms with Gasteiger partial charge < -0.3 is 5.32 Å². The van der Waals surface area contributed by atoms with Crippen molar-refractivity contribution in [2.45, 2.75) is 6.42 Å². The van der Waals surface area contributed by atoms with Crippen LogP contribution < -0.4 is 10.9 Å². The summed E-state index contributed by atoms with van der Waals surface area (Å²) in [5.74, 6) is 0. The Labute approximate surface area is 122 Å². The molecule has 0 atom stereocenters. The molecule has 7 heteroatoms. The van der Waals surface area contributed by atoms with Crippen LogP contribution in [-0.4, -0.2) is 16.3 Å². The summed E-state index contributed by atoms with van der Waals surface area (Å²) in [6, 6.07) is 3.89. The van der Waals surface area contributed by atoms with E-state index in [-0.39, 0.29) is 5.56 Å². The third-order valence-electron chi connectivity index (χ3n) is 2.39. The number of aryl methyl sites for hydroxylation is 1. The van der Waals surface area contributed by atoms with Crippen molar-refractivity contribution in [1.82, 2.24) is 9.78 Å². The van der Waals surface area contributed by atoms with Gasteiger partial charge in [-0.05, 0) is 34.5 Å². The fraction of sp³-hybridized carbons (Fsp3) is 0.273. The molecule has 0 saturated carbocycles. The summed E-state index contributed by atoms with van der Waals surface area (Å²) in [6.07, 6.45) is 2.49. The predicted octanol–water partition coefficient (Wildman–Crippen LogP) is 2.91. The van der Waals surface area contributed by atoms with Crippen molar-refractivity contribution < 1.29 is 0 Å². The summed E-state index contributed by atoms with van der Waals surface area (Å²) in [5.41, 5.74) is 0.555. The fourth-order valence-electron chi connectivity index (χ4n) is 1.44. The van der Waals surface area contributed by atoms with Gasteiger partial charge in [-0.2, -0.15) is 5.10 Å². The zero-order valence-corrected chi connectivity index (χ0v) is 12.8. The Balaban J connectivity index is 1.99. The van der Waals surface area contributed by atoms with Crippen LogP contribution in [0.5, 0.6) is 0 Å². The van der Waals surface area contributed by atoms with E-state index < -0.39 is 0 Å². The first-order valence-corrected chi connectivity index (χ1v) is 7.26. The molecule has 0 radical (unpaired) electrons. The summed E-state index contributed by atoms with van der Waals surface area (Å²) < 4.78 is 2.58. The number of nitrogens with zero attached hydrogens (tertiary/aromatic N) is 2. The molecule has 2 aromatic rings. The van der Waals surface area contributed by atoms with E-state index in [4.69, 9.17) is 11.6 Å². The average molecular weight is 349 g/mol. The van der Waals surface area contributed by atoms with Crippen LogP contribution in [0.2, 0.25) is 4.34 Å². The Kier molecular flexibility index (Phi) is 4.42. The molecule has 0 aliphatic rings. The topological polar surface area (TPSA) is 46.9 Å². The second kappa shape index (κ2) is 5.86. The lowest BCUT2D eigenvalue weighted by Gasteiger charge is -2.07. The highest BCUT2D eigenvalue weighted by Crippen LogP contribution is 2.22. The summed E-state index contributed by atoms with van der Waals surface area (Å²) in [7, 11) is 1.62. The number of halogens is 2. The molecule has 0 saturated heterocycles. The maximum Gasteiger partial charge on any atom is 0.282 e. The van der Waals surface area contributed by atoms with Gasteiger partial charge in [0.2, 0.25) is 0 Å². The highest BCUT2D eigenvalue weighted by atomic mass is 79.9. The summed E-state index contributed by atoms with van der Waals surface area (Å²) in [5, 5.41) is 7.14. The number of hydrogen-bond donors (Lipinski definition) is 1. The minimum absolute atomic E-state index is 0.154. The van der Waals surface area contributed by atoms with Crippen LogP contribution in [0.4, 0.5) is 5.69 Å². The number of hydrogen-bond acceptors (Lipinski definition) is 4. The Morgan fingerprint density at radius 1 is 1.56 bits per heavy atom. The minimum Gasteiger partial charge on any atom is -0.382 e. The Morgan fingerprint density at radius 2 is 2.33 bits per heavy atom. The van der Waals surface area contributed by atoms with E-state index >= 15 is 0 Å². The molecule has 2 aromatic heterocycles. The molecule has 2 rings (SSSR count). The van der Waals surface area contributed by atoms with E-state index in [0.29, 0.717) is 10.2 Å². The van der Waals surface area contributed by atoms with Gasteiger partial charge in [0.25, 0.3) is 5.56 Å². The predicted molar refractivity (Wildman–Crippen MR) is 78.7 cm³/mol. The SMILES string of the molecule is Cn1ncc(NCCc2ccc(Cl)s2)c(Br)c1=O. The van der Waals surface area contributed by atoms with Crippen molar-refractivity contribution in [2.75, 3.05) is 11.9 Å². The first kappa shape index (κ1) is 13.6. The van der Waals surface area contributed by atoms with Crippen molar-refractivity contribution in [1.29, 1.82) is 0 Å². The molecule has 0 spiro atoms. The molecule has 4 nitrogen and oxygen atoms in total. The molecule has 96 valence electrons. The van der Waals surface area contributed by atoms with Crippen molar-refractivity contribution in [2.24, 2.45) is 7.05 Å². The van der Waals surface area contributed by atoms with Crippen LogP contribution in [0.3, 0.4) is 0 Å². The molecule has 0 aromatic carbocycles. The highest BCUT2D eigenvalue weighted by Gasteiger charge is 2.06. The van der Waals surface area contributed by atoms with Gasteiger partial charge in [0.1, 0.15) is 4.47 Å². The third kappa shape index (κ3) is 3.13. The number of nitrogens with one attached hydrogen (secondary N) is 1. The number of anilines is 1. The van der Waals surface area contributed by atoms with Gasteiger partial charge in [-0.3, -0.25) is 4.79 Å². The zero-order valence-electron chi connectivity index (χ0n) is 9.61. The second-order valence-corrected chi connectivity index (χ2v) is 6.28. The molecule has 0 aliphatic heterocycles. The van der Waals surface area contributed by atoms with Gasteiger partial charge in [0.05, 0.1) is 16.2 Å². The number of aromatic nitrogens is 2. The van der Waals surface area contributed by atoms with E-state index in [1.165, 1.54) is 9.56 Å². The fourth-order valence-corrected chi connectivity index (χ4v) is 3.03. The molecule has 18 heavy (non-hydrogen) atoms. The van der Waals surface area contributed by atoms with Gasteiger partial charge in [-0.15, -0.1) is 11.3 Å². The molecule has 0 bridgehead atoms. The molecule has 0 aliphatic carbocycles. The third-order valence-corrected chi connectivity index (χ3v) is 4.45. The summed E-state index contributed by atoms with van der Waals surface area (Å²) in [4.78, 5) is 12.8. The first-order chi connectivity index (χ1) is 8.58. The lowest BCUT2D eigenvalue weighted by Crippen LogP contribution is -2.21. The van der Waals surface area contributed by atoms with Gasteiger partial charge in [0.15, 0.2) is 0 Å². The molecular formula is C11H11BrClN3OS. The normalized spacial score (nSPS) is 10.6.